The second-order valence-corrected chi connectivity index (χ2v) is 8.77. The molecule has 1 aliphatic heterocycles. The van der Waals surface area contributed by atoms with Crippen LogP contribution < -0.4 is 37.6 Å². The molecule has 2 aromatic rings. The number of anilines is 1. The Morgan fingerprint density at radius 3 is 2.46 bits per heavy atom. The van der Waals surface area contributed by atoms with Crippen LogP contribution in [0.1, 0.15) is 34.8 Å². The van der Waals surface area contributed by atoms with Gasteiger partial charge in [-0.2, -0.15) is 0 Å². The van der Waals surface area contributed by atoms with Gasteiger partial charge in [-0.3, -0.25) is 14.4 Å². The van der Waals surface area contributed by atoms with Crippen molar-refractivity contribution in [3.05, 3.63) is 83.6 Å². The standard InChI is InChI=1S/C28H36N8O3/c1-3-14-31-27-23(17-34-28(36-27)35-22-12-10-21(11-13-22)26(29)39)20-8-6-19(7-9-20)16-32-25(38)18-33-24(37)5-4-15-30-2/h4-13,17,28,30,34-35H,3,14-16,18H2,1-2H3,(H2,29,39)(H,31,36)(H,32,38)(H,33,37)/b5-4+. The van der Waals surface area contributed by atoms with Crippen LogP contribution in [0.4, 0.5) is 5.69 Å². The Morgan fingerprint density at radius 1 is 1.05 bits per heavy atom. The highest BCUT2D eigenvalue weighted by Gasteiger charge is 2.18. The first-order valence-electron chi connectivity index (χ1n) is 12.8. The number of nitrogens with two attached hydrogens (primary N) is 1. The lowest BCUT2D eigenvalue weighted by molar-refractivity contribution is -0.124. The lowest BCUT2D eigenvalue weighted by Crippen LogP contribution is -2.39. The molecule has 1 atom stereocenters. The molecule has 1 unspecified atom stereocenters. The van der Waals surface area contributed by atoms with Crippen LogP contribution in [0.2, 0.25) is 0 Å². The van der Waals surface area contributed by atoms with Crippen molar-refractivity contribution in [1.82, 2.24) is 26.6 Å². The van der Waals surface area contributed by atoms with Gasteiger partial charge in [-0.15, -0.1) is 0 Å². The quantitative estimate of drug-likeness (QED) is 0.190. The second-order valence-electron chi connectivity index (χ2n) is 8.77. The summed E-state index contributed by atoms with van der Waals surface area (Å²) in [5, 5.41) is 18.2. The number of likely N-dealkylation sites (N-methyl/N-ethyl adjacent to an activating group) is 1. The predicted octanol–water partition coefficient (Wildman–Crippen LogP) is 1.03. The summed E-state index contributed by atoms with van der Waals surface area (Å²) in [6.45, 7) is 3.69. The third-order valence-corrected chi connectivity index (χ3v) is 5.68. The zero-order chi connectivity index (χ0) is 28.0. The molecule has 11 heteroatoms. The summed E-state index contributed by atoms with van der Waals surface area (Å²) in [6.07, 6.45) is 5.52. The number of primary amides is 1. The van der Waals surface area contributed by atoms with Gasteiger partial charge in [-0.25, -0.2) is 4.99 Å². The van der Waals surface area contributed by atoms with E-state index in [0.29, 0.717) is 18.7 Å². The molecule has 2 aromatic carbocycles. The van der Waals surface area contributed by atoms with Crippen LogP contribution in [0.3, 0.4) is 0 Å². The van der Waals surface area contributed by atoms with Gasteiger partial charge in [-0.1, -0.05) is 37.3 Å². The highest BCUT2D eigenvalue weighted by molar-refractivity contribution is 6.23. The summed E-state index contributed by atoms with van der Waals surface area (Å²) < 4.78 is 0. The minimum absolute atomic E-state index is 0.0905. The number of amidine groups is 1. The molecule has 8 N–H and O–H groups in total. The number of benzene rings is 2. The zero-order valence-electron chi connectivity index (χ0n) is 22.2. The molecule has 206 valence electrons. The predicted molar refractivity (Wildman–Crippen MR) is 154 cm³/mol. The molecule has 0 spiro atoms. The van der Waals surface area contributed by atoms with Gasteiger partial charge < -0.3 is 37.6 Å². The summed E-state index contributed by atoms with van der Waals surface area (Å²) in [5.74, 6) is -0.302. The van der Waals surface area contributed by atoms with Gasteiger partial charge >= 0.3 is 0 Å². The first-order chi connectivity index (χ1) is 18.9. The highest BCUT2D eigenvalue weighted by Crippen LogP contribution is 2.20. The van der Waals surface area contributed by atoms with Crippen LogP contribution >= 0.6 is 0 Å². The van der Waals surface area contributed by atoms with Gasteiger partial charge in [0, 0.05) is 48.7 Å². The van der Waals surface area contributed by atoms with Crippen LogP contribution in [0.25, 0.3) is 5.57 Å². The van der Waals surface area contributed by atoms with E-state index in [9.17, 15) is 14.4 Å². The maximum absolute atomic E-state index is 12.1. The third kappa shape index (κ3) is 9.31. The Kier molecular flexibility index (Phi) is 11.1. The Balaban J connectivity index is 1.57. The summed E-state index contributed by atoms with van der Waals surface area (Å²) in [6, 6.07) is 14.7. The molecule has 0 aliphatic carbocycles. The Labute approximate surface area is 228 Å². The molecule has 0 radical (unpaired) electrons. The first kappa shape index (κ1) is 28.9. The van der Waals surface area contributed by atoms with Crippen molar-refractivity contribution in [2.45, 2.75) is 26.2 Å². The number of hydrogen-bond acceptors (Lipinski definition) is 8. The number of amides is 3. The van der Waals surface area contributed by atoms with Crippen LogP contribution in [-0.4, -0.2) is 56.5 Å². The van der Waals surface area contributed by atoms with E-state index in [1.807, 2.05) is 30.5 Å². The van der Waals surface area contributed by atoms with Gasteiger partial charge in [0.05, 0.1) is 6.54 Å². The first-order valence-corrected chi connectivity index (χ1v) is 12.8. The van der Waals surface area contributed by atoms with E-state index < -0.39 is 12.2 Å². The number of nitrogens with one attached hydrogen (secondary N) is 6. The van der Waals surface area contributed by atoms with Crippen LogP contribution in [0.5, 0.6) is 0 Å². The maximum Gasteiger partial charge on any atom is 0.248 e. The molecule has 1 heterocycles. The molecule has 0 saturated carbocycles. The van der Waals surface area contributed by atoms with Gasteiger partial charge in [0.1, 0.15) is 5.84 Å². The van der Waals surface area contributed by atoms with Crippen LogP contribution in [0.15, 0.2) is 71.9 Å². The number of hydrogen-bond donors (Lipinski definition) is 7. The molecule has 1 aliphatic rings. The number of carbonyl (C=O) groups excluding carboxylic acids is 3. The second kappa shape index (κ2) is 14.9. The molecular weight excluding hydrogens is 496 g/mol. The number of carbonyl (C=O) groups is 3. The largest absolute Gasteiger partial charge is 0.370 e. The fourth-order valence-corrected chi connectivity index (χ4v) is 3.61. The normalized spacial score (nSPS) is 14.6. The highest BCUT2D eigenvalue weighted by atomic mass is 16.2. The minimum Gasteiger partial charge on any atom is -0.370 e. The van der Waals surface area contributed by atoms with Crippen molar-refractivity contribution in [2.75, 3.05) is 32.0 Å². The van der Waals surface area contributed by atoms with Crippen molar-refractivity contribution in [3.63, 3.8) is 0 Å². The van der Waals surface area contributed by atoms with Gasteiger partial charge in [0.25, 0.3) is 0 Å². The number of nitrogens with zero attached hydrogens (tertiary/aromatic N) is 1. The molecule has 0 fully saturated rings. The number of aliphatic imine (C=N–C) groups is 1. The summed E-state index contributed by atoms with van der Waals surface area (Å²) in [4.78, 5) is 39.9. The van der Waals surface area contributed by atoms with E-state index in [1.165, 1.54) is 6.08 Å². The van der Waals surface area contributed by atoms with Crippen molar-refractivity contribution >= 4 is 34.8 Å². The monoisotopic (exact) mass is 532 g/mol. The zero-order valence-corrected chi connectivity index (χ0v) is 22.2. The van der Waals surface area contributed by atoms with E-state index in [-0.39, 0.29) is 18.4 Å². The molecule has 0 aromatic heterocycles. The number of rotatable bonds is 13. The average molecular weight is 533 g/mol. The van der Waals surface area contributed by atoms with Gasteiger partial charge in [0.2, 0.25) is 17.7 Å². The Morgan fingerprint density at radius 2 is 1.79 bits per heavy atom. The Bertz CT molecular complexity index is 1220. The average Bonchev–Trinajstić information content (AvgIpc) is 2.94. The maximum atomic E-state index is 12.1. The van der Waals surface area contributed by atoms with Crippen molar-refractivity contribution < 1.29 is 14.4 Å². The SMILES string of the molecule is CCCNC1=NC(Nc2ccc(C(N)=O)cc2)NC=C1c1ccc(CNC(=O)CNC(=O)/C=C/CNC)cc1. The van der Waals surface area contributed by atoms with E-state index in [4.69, 9.17) is 10.7 Å². The minimum atomic E-state index is -0.472. The van der Waals surface area contributed by atoms with Crippen molar-refractivity contribution in [2.24, 2.45) is 10.7 Å². The van der Waals surface area contributed by atoms with Crippen molar-refractivity contribution in [1.29, 1.82) is 0 Å². The van der Waals surface area contributed by atoms with E-state index in [1.54, 1.807) is 37.4 Å². The fraction of sp³-hybridized carbons (Fsp3) is 0.286. The lowest BCUT2D eigenvalue weighted by atomic mass is 10.0. The third-order valence-electron chi connectivity index (χ3n) is 5.68. The molecule has 0 saturated heterocycles. The summed E-state index contributed by atoms with van der Waals surface area (Å²) in [5.41, 5.74) is 9.35. The molecule has 3 rings (SSSR count). The van der Waals surface area contributed by atoms with Gasteiger partial charge in [-0.05, 0) is 48.9 Å². The fourth-order valence-electron chi connectivity index (χ4n) is 3.61. The van der Waals surface area contributed by atoms with Crippen LogP contribution in [-0.2, 0) is 16.1 Å². The van der Waals surface area contributed by atoms with E-state index in [2.05, 4.69) is 38.8 Å². The molecule has 11 nitrogen and oxygen atoms in total. The van der Waals surface area contributed by atoms with E-state index >= 15 is 0 Å². The molecule has 39 heavy (non-hydrogen) atoms. The molecule has 3 amide bonds. The molecule has 0 bridgehead atoms. The summed E-state index contributed by atoms with van der Waals surface area (Å²) >= 11 is 0. The van der Waals surface area contributed by atoms with Gasteiger partial charge in [0.15, 0.2) is 6.29 Å². The lowest BCUT2D eigenvalue weighted by Gasteiger charge is -2.25. The smallest absolute Gasteiger partial charge is 0.248 e. The van der Waals surface area contributed by atoms with E-state index in [0.717, 1.165) is 41.2 Å². The van der Waals surface area contributed by atoms with Crippen molar-refractivity contribution in [3.8, 4) is 0 Å². The molecular formula is C28H36N8O3. The topological polar surface area (TPSA) is 162 Å². The summed E-state index contributed by atoms with van der Waals surface area (Å²) in [7, 11) is 1.78. The van der Waals surface area contributed by atoms with Crippen LogP contribution in [0, 0.1) is 0 Å². The Hall–Kier alpha value is -4.64.